The summed E-state index contributed by atoms with van der Waals surface area (Å²) in [4.78, 5) is 17.6. The fourth-order valence-electron chi connectivity index (χ4n) is 2.11. The zero-order valence-electron chi connectivity index (χ0n) is 13.1. The summed E-state index contributed by atoms with van der Waals surface area (Å²) in [6, 6.07) is 7.91. The SMILES string of the molecule is C=CCN(CC=C)C(=O)NCc1ccc(Cn2cncn2)cc1. The molecule has 2 aromatic rings. The summed E-state index contributed by atoms with van der Waals surface area (Å²) in [7, 11) is 0. The first-order valence-electron chi connectivity index (χ1n) is 7.37. The molecule has 6 heteroatoms. The van der Waals surface area contributed by atoms with Crippen LogP contribution in [0.15, 0.2) is 62.2 Å². The van der Waals surface area contributed by atoms with Gasteiger partial charge in [0, 0.05) is 19.6 Å². The minimum absolute atomic E-state index is 0.128. The molecule has 0 aliphatic carbocycles. The number of carbonyl (C=O) groups excluding carboxylic acids is 1. The summed E-state index contributed by atoms with van der Waals surface area (Å²) in [5.74, 6) is 0. The van der Waals surface area contributed by atoms with E-state index < -0.39 is 0 Å². The Morgan fingerprint density at radius 3 is 2.39 bits per heavy atom. The maximum absolute atomic E-state index is 12.1. The predicted molar refractivity (Wildman–Crippen MR) is 89.8 cm³/mol. The minimum atomic E-state index is -0.128. The third kappa shape index (κ3) is 5.10. The van der Waals surface area contributed by atoms with E-state index in [0.717, 1.165) is 11.1 Å². The van der Waals surface area contributed by atoms with Crippen LogP contribution >= 0.6 is 0 Å². The number of nitrogens with one attached hydrogen (secondary N) is 1. The molecule has 0 spiro atoms. The Morgan fingerprint density at radius 2 is 1.83 bits per heavy atom. The van der Waals surface area contributed by atoms with Crippen molar-refractivity contribution in [1.29, 1.82) is 0 Å². The normalized spacial score (nSPS) is 10.1. The van der Waals surface area contributed by atoms with E-state index in [2.05, 4.69) is 28.6 Å². The first-order chi connectivity index (χ1) is 11.2. The second-order valence-electron chi connectivity index (χ2n) is 5.05. The third-order valence-corrected chi connectivity index (χ3v) is 3.26. The molecule has 0 fully saturated rings. The van der Waals surface area contributed by atoms with Crippen molar-refractivity contribution in [2.45, 2.75) is 13.1 Å². The fraction of sp³-hybridized carbons (Fsp3) is 0.235. The summed E-state index contributed by atoms with van der Waals surface area (Å²) in [5, 5.41) is 6.97. The average Bonchev–Trinajstić information content (AvgIpc) is 3.07. The largest absolute Gasteiger partial charge is 0.334 e. The van der Waals surface area contributed by atoms with Gasteiger partial charge in [0.2, 0.25) is 0 Å². The van der Waals surface area contributed by atoms with Crippen molar-refractivity contribution in [3.05, 3.63) is 73.4 Å². The smallest absolute Gasteiger partial charge is 0.318 e. The van der Waals surface area contributed by atoms with Gasteiger partial charge < -0.3 is 10.2 Å². The van der Waals surface area contributed by atoms with Crippen LogP contribution in [-0.2, 0) is 13.1 Å². The molecule has 0 saturated carbocycles. The summed E-state index contributed by atoms with van der Waals surface area (Å²) >= 11 is 0. The van der Waals surface area contributed by atoms with Crippen LogP contribution in [0.2, 0.25) is 0 Å². The van der Waals surface area contributed by atoms with Gasteiger partial charge in [-0.05, 0) is 11.1 Å². The van der Waals surface area contributed by atoms with E-state index in [-0.39, 0.29) is 6.03 Å². The molecule has 1 aromatic carbocycles. The highest BCUT2D eigenvalue weighted by Gasteiger charge is 2.09. The van der Waals surface area contributed by atoms with Crippen molar-refractivity contribution in [2.75, 3.05) is 13.1 Å². The zero-order chi connectivity index (χ0) is 16.5. The first-order valence-corrected chi connectivity index (χ1v) is 7.37. The van der Waals surface area contributed by atoms with Crippen LogP contribution < -0.4 is 5.32 Å². The zero-order valence-corrected chi connectivity index (χ0v) is 13.1. The van der Waals surface area contributed by atoms with Gasteiger partial charge >= 0.3 is 6.03 Å². The van der Waals surface area contributed by atoms with E-state index >= 15 is 0 Å². The van der Waals surface area contributed by atoms with Crippen molar-refractivity contribution in [3.8, 4) is 0 Å². The molecular weight excluding hydrogens is 290 g/mol. The molecule has 23 heavy (non-hydrogen) atoms. The maximum Gasteiger partial charge on any atom is 0.318 e. The molecule has 0 bridgehead atoms. The Morgan fingerprint density at radius 1 is 1.17 bits per heavy atom. The van der Waals surface area contributed by atoms with Gasteiger partial charge in [-0.2, -0.15) is 5.10 Å². The van der Waals surface area contributed by atoms with Crippen LogP contribution in [0.4, 0.5) is 4.79 Å². The number of hydrogen-bond acceptors (Lipinski definition) is 3. The van der Waals surface area contributed by atoms with Gasteiger partial charge in [-0.3, -0.25) is 0 Å². The summed E-state index contributed by atoms with van der Waals surface area (Å²) in [6.45, 7) is 9.46. The van der Waals surface area contributed by atoms with Gasteiger partial charge in [0.05, 0.1) is 6.54 Å². The lowest BCUT2D eigenvalue weighted by molar-refractivity contribution is 0.208. The predicted octanol–water partition coefficient (Wildman–Crippen LogP) is 2.21. The van der Waals surface area contributed by atoms with E-state index in [9.17, 15) is 4.79 Å². The van der Waals surface area contributed by atoms with Crippen LogP contribution in [0.25, 0.3) is 0 Å². The molecule has 0 saturated heterocycles. The lowest BCUT2D eigenvalue weighted by Crippen LogP contribution is -2.39. The molecular formula is C17H21N5O. The van der Waals surface area contributed by atoms with Gasteiger partial charge in [0.25, 0.3) is 0 Å². The molecule has 0 unspecified atom stereocenters. The van der Waals surface area contributed by atoms with Crippen molar-refractivity contribution in [1.82, 2.24) is 25.0 Å². The van der Waals surface area contributed by atoms with E-state index in [1.165, 1.54) is 6.33 Å². The molecule has 6 nitrogen and oxygen atoms in total. The number of nitrogens with zero attached hydrogens (tertiary/aromatic N) is 4. The summed E-state index contributed by atoms with van der Waals surface area (Å²) < 4.78 is 1.76. The lowest BCUT2D eigenvalue weighted by Gasteiger charge is -2.19. The molecule has 1 N–H and O–H groups in total. The molecule has 120 valence electrons. The molecule has 2 rings (SSSR count). The second kappa shape index (κ2) is 8.53. The van der Waals surface area contributed by atoms with Crippen molar-refractivity contribution in [2.24, 2.45) is 0 Å². The highest BCUT2D eigenvalue weighted by molar-refractivity contribution is 5.74. The van der Waals surface area contributed by atoms with Crippen molar-refractivity contribution in [3.63, 3.8) is 0 Å². The van der Waals surface area contributed by atoms with Gasteiger partial charge in [0.1, 0.15) is 12.7 Å². The molecule has 0 aliphatic rings. The standard InChI is InChI=1S/C17H21N5O/c1-3-9-21(10-4-2)17(23)19-11-15-5-7-16(8-6-15)12-22-14-18-13-20-22/h3-8,13-14H,1-2,9-12H2,(H,19,23). The number of aromatic nitrogens is 3. The second-order valence-corrected chi connectivity index (χ2v) is 5.05. The Labute approximate surface area is 136 Å². The number of hydrogen-bond donors (Lipinski definition) is 1. The number of carbonyl (C=O) groups is 1. The van der Waals surface area contributed by atoms with Crippen molar-refractivity contribution < 1.29 is 4.79 Å². The molecule has 2 amide bonds. The maximum atomic E-state index is 12.1. The average molecular weight is 311 g/mol. The Hall–Kier alpha value is -2.89. The van der Waals surface area contributed by atoms with E-state index in [1.807, 2.05) is 24.3 Å². The lowest BCUT2D eigenvalue weighted by atomic mass is 10.1. The number of urea groups is 1. The topological polar surface area (TPSA) is 63.1 Å². The highest BCUT2D eigenvalue weighted by Crippen LogP contribution is 2.06. The van der Waals surface area contributed by atoms with Crippen LogP contribution in [0, 0.1) is 0 Å². The van der Waals surface area contributed by atoms with Crippen LogP contribution in [0.1, 0.15) is 11.1 Å². The fourth-order valence-corrected chi connectivity index (χ4v) is 2.11. The van der Waals surface area contributed by atoms with Gasteiger partial charge in [-0.25, -0.2) is 14.5 Å². The first kappa shape index (κ1) is 16.5. The summed E-state index contributed by atoms with van der Waals surface area (Å²) in [6.07, 6.45) is 6.59. The third-order valence-electron chi connectivity index (χ3n) is 3.26. The molecule has 0 radical (unpaired) electrons. The molecule has 1 aromatic heterocycles. The van der Waals surface area contributed by atoms with Gasteiger partial charge in [0.15, 0.2) is 0 Å². The van der Waals surface area contributed by atoms with E-state index in [4.69, 9.17) is 0 Å². The van der Waals surface area contributed by atoms with E-state index in [0.29, 0.717) is 26.2 Å². The minimum Gasteiger partial charge on any atom is -0.334 e. The number of amides is 2. The Balaban J connectivity index is 1.86. The monoisotopic (exact) mass is 311 g/mol. The Bertz CT molecular complexity index is 624. The van der Waals surface area contributed by atoms with Crippen LogP contribution in [-0.4, -0.2) is 38.8 Å². The molecule has 0 aliphatic heterocycles. The number of benzene rings is 1. The van der Waals surface area contributed by atoms with Gasteiger partial charge in [-0.1, -0.05) is 36.4 Å². The highest BCUT2D eigenvalue weighted by atomic mass is 16.2. The van der Waals surface area contributed by atoms with Crippen LogP contribution in [0.3, 0.4) is 0 Å². The van der Waals surface area contributed by atoms with Crippen LogP contribution in [0.5, 0.6) is 0 Å². The molecule has 1 heterocycles. The van der Waals surface area contributed by atoms with Crippen molar-refractivity contribution >= 4 is 6.03 Å². The van der Waals surface area contributed by atoms with Gasteiger partial charge in [-0.15, -0.1) is 13.2 Å². The summed E-state index contributed by atoms with van der Waals surface area (Å²) in [5.41, 5.74) is 2.17. The number of rotatable bonds is 8. The Kier molecular flexibility index (Phi) is 6.11. The van der Waals surface area contributed by atoms with E-state index in [1.54, 1.807) is 28.1 Å². The quantitative estimate of drug-likeness (QED) is 0.760. The molecule has 0 atom stereocenters.